The van der Waals surface area contributed by atoms with Gasteiger partial charge in [-0.2, -0.15) is 0 Å². The molecule has 0 spiro atoms. The molecular weight excluding hydrogens is 176 g/mol. The van der Waals surface area contributed by atoms with Crippen molar-refractivity contribution >= 4 is 15.9 Å². The van der Waals surface area contributed by atoms with Gasteiger partial charge in [0.05, 0.1) is 12.0 Å². The van der Waals surface area contributed by atoms with Crippen molar-refractivity contribution in [1.82, 2.24) is 0 Å². The maximum Gasteiger partial charge on any atom is 0.171 e. The highest BCUT2D eigenvalue weighted by Gasteiger charge is 2.00. The summed E-state index contributed by atoms with van der Waals surface area (Å²) in [5.74, 6) is 0.663. The summed E-state index contributed by atoms with van der Waals surface area (Å²) in [6, 6.07) is 3.40. The average Bonchev–Trinajstić information content (AvgIpc) is 2.53. The molecule has 1 rings (SSSR count). The minimum absolute atomic E-state index is 0.115. The third kappa shape index (κ3) is 2.54. The SMILES string of the molecule is CCS(=O)(=O)C=Cc1ccco1. The van der Waals surface area contributed by atoms with Crippen LogP contribution in [0.1, 0.15) is 12.7 Å². The van der Waals surface area contributed by atoms with Crippen LogP contribution in [-0.4, -0.2) is 14.2 Å². The molecule has 0 aliphatic heterocycles. The monoisotopic (exact) mass is 186 g/mol. The van der Waals surface area contributed by atoms with Crippen molar-refractivity contribution in [3.8, 4) is 0 Å². The largest absolute Gasteiger partial charge is 0.465 e. The highest BCUT2D eigenvalue weighted by molar-refractivity contribution is 7.94. The maximum absolute atomic E-state index is 11.0. The topological polar surface area (TPSA) is 47.3 Å². The van der Waals surface area contributed by atoms with Crippen molar-refractivity contribution in [2.45, 2.75) is 6.92 Å². The predicted molar refractivity (Wildman–Crippen MR) is 47.2 cm³/mol. The molecule has 0 saturated carbocycles. The highest BCUT2D eigenvalue weighted by Crippen LogP contribution is 2.04. The molecule has 1 aromatic rings. The first-order valence-electron chi connectivity index (χ1n) is 3.58. The lowest BCUT2D eigenvalue weighted by atomic mass is 10.5. The van der Waals surface area contributed by atoms with Gasteiger partial charge in [-0.3, -0.25) is 0 Å². The van der Waals surface area contributed by atoms with Crippen molar-refractivity contribution in [1.29, 1.82) is 0 Å². The number of hydrogen-bond acceptors (Lipinski definition) is 3. The van der Waals surface area contributed by atoms with Gasteiger partial charge in [0, 0.05) is 5.41 Å². The molecule has 1 aromatic heterocycles. The van der Waals surface area contributed by atoms with Crippen LogP contribution in [0.3, 0.4) is 0 Å². The van der Waals surface area contributed by atoms with E-state index in [-0.39, 0.29) is 5.75 Å². The summed E-state index contributed by atoms with van der Waals surface area (Å²) in [6.45, 7) is 1.60. The van der Waals surface area contributed by atoms with E-state index in [0.717, 1.165) is 5.41 Å². The van der Waals surface area contributed by atoms with Gasteiger partial charge in [-0.1, -0.05) is 6.92 Å². The van der Waals surface area contributed by atoms with Crippen molar-refractivity contribution < 1.29 is 12.8 Å². The van der Waals surface area contributed by atoms with Crippen molar-refractivity contribution in [3.05, 3.63) is 29.6 Å². The van der Waals surface area contributed by atoms with E-state index in [0.29, 0.717) is 5.76 Å². The van der Waals surface area contributed by atoms with Crippen LogP contribution in [0, 0.1) is 0 Å². The van der Waals surface area contributed by atoms with E-state index >= 15 is 0 Å². The summed E-state index contributed by atoms with van der Waals surface area (Å²) in [7, 11) is -3.04. The molecule has 0 amide bonds. The fraction of sp³-hybridized carbons (Fsp3) is 0.250. The minimum Gasteiger partial charge on any atom is -0.465 e. The molecule has 0 saturated heterocycles. The smallest absolute Gasteiger partial charge is 0.171 e. The van der Waals surface area contributed by atoms with E-state index < -0.39 is 9.84 Å². The van der Waals surface area contributed by atoms with Gasteiger partial charge in [-0.05, 0) is 18.2 Å². The number of rotatable bonds is 3. The minimum atomic E-state index is -3.04. The van der Waals surface area contributed by atoms with Crippen LogP contribution in [-0.2, 0) is 9.84 Å². The summed E-state index contributed by atoms with van der Waals surface area (Å²) in [5.41, 5.74) is 0. The summed E-state index contributed by atoms with van der Waals surface area (Å²) < 4.78 is 26.9. The molecule has 0 aromatic carbocycles. The van der Waals surface area contributed by atoms with Crippen LogP contribution in [0.25, 0.3) is 6.08 Å². The molecule has 0 aliphatic carbocycles. The van der Waals surface area contributed by atoms with Gasteiger partial charge >= 0.3 is 0 Å². The maximum atomic E-state index is 11.0. The zero-order valence-electron chi connectivity index (χ0n) is 6.73. The summed E-state index contributed by atoms with van der Waals surface area (Å²) in [6.07, 6.45) is 2.94. The van der Waals surface area contributed by atoms with Crippen LogP contribution in [0.4, 0.5) is 0 Å². The van der Waals surface area contributed by atoms with Crippen molar-refractivity contribution in [2.24, 2.45) is 0 Å². The first kappa shape index (κ1) is 9.06. The molecule has 0 unspecified atom stereocenters. The number of hydrogen-bond donors (Lipinski definition) is 0. The lowest BCUT2D eigenvalue weighted by Crippen LogP contribution is -1.96. The van der Waals surface area contributed by atoms with Gasteiger partial charge in [-0.15, -0.1) is 0 Å². The zero-order valence-corrected chi connectivity index (χ0v) is 7.54. The van der Waals surface area contributed by atoms with Crippen molar-refractivity contribution in [2.75, 3.05) is 5.75 Å². The second kappa shape index (κ2) is 3.58. The van der Waals surface area contributed by atoms with Crippen LogP contribution in [0.5, 0.6) is 0 Å². The molecule has 0 aliphatic rings. The molecule has 1 heterocycles. The van der Waals surface area contributed by atoms with Gasteiger partial charge in [0.15, 0.2) is 9.84 Å². The Morgan fingerprint density at radius 3 is 2.83 bits per heavy atom. The summed E-state index contributed by atoms with van der Waals surface area (Å²) >= 11 is 0. The standard InChI is InChI=1S/C8H10O3S/c1-2-12(9,10)7-5-8-4-3-6-11-8/h3-7H,2H2,1H3. The summed E-state index contributed by atoms with van der Waals surface area (Å²) in [5, 5.41) is 1.16. The molecule has 0 N–H and O–H groups in total. The van der Waals surface area contributed by atoms with E-state index in [1.807, 2.05) is 0 Å². The fourth-order valence-corrected chi connectivity index (χ4v) is 1.19. The summed E-state index contributed by atoms with van der Waals surface area (Å²) in [4.78, 5) is 0. The third-order valence-corrected chi connectivity index (χ3v) is 2.74. The van der Waals surface area contributed by atoms with E-state index in [9.17, 15) is 8.42 Å². The third-order valence-electron chi connectivity index (χ3n) is 1.39. The van der Waals surface area contributed by atoms with Crippen molar-refractivity contribution in [3.63, 3.8) is 0 Å². The zero-order chi connectivity index (χ0) is 9.03. The molecule has 0 fully saturated rings. The Morgan fingerprint density at radius 2 is 2.33 bits per heavy atom. The molecule has 12 heavy (non-hydrogen) atoms. The van der Waals surface area contributed by atoms with E-state index in [2.05, 4.69) is 0 Å². The Hall–Kier alpha value is -1.03. The van der Waals surface area contributed by atoms with Gasteiger partial charge in [0.25, 0.3) is 0 Å². The highest BCUT2D eigenvalue weighted by atomic mass is 32.2. The normalized spacial score (nSPS) is 12.4. The van der Waals surface area contributed by atoms with Gasteiger partial charge in [0.2, 0.25) is 0 Å². The Labute approximate surface area is 71.6 Å². The van der Waals surface area contributed by atoms with Crippen LogP contribution in [0.15, 0.2) is 28.2 Å². The quantitative estimate of drug-likeness (QED) is 0.721. The lowest BCUT2D eigenvalue weighted by Gasteiger charge is -1.88. The van der Waals surface area contributed by atoms with Crippen LogP contribution in [0.2, 0.25) is 0 Å². The molecule has 66 valence electrons. The van der Waals surface area contributed by atoms with E-state index in [1.165, 1.54) is 12.3 Å². The predicted octanol–water partition coefficient (Wildman–Crippen LogP) is 1.69. The molecule has 0 radical (unpaired) electrons. The van der Waals surface area contributed by atoms with Gasteiger partial charge in [-0.25, -0.2) is 8.42 Å². The average molecular weight is 186 g/mol. The van der Waals surface area contributed by atoms with E-state index in [4.69, 9.17) is 4.42 Å². The van der Waals surface area contributed by atoms with Gasteiger partial charge in [0.1, 0.15) is 5.76 Å². The Balaban J connectivity index is 2.76. The number of furan rings is 1. The van der Waals surface area contributed by atoms with Gasteiger partial charge < -0.3 is 4.42 Å². The lowest BCUT2D eigenvalue weighted by molar-refractivity contribution is 0.557. The second-order valence-electron chi connectivity index (χ2n) is 2.27. The van der Waals surface area contributed by atoms with Crippen LogP contribution < -0.4 is 0 Å². The number of sulfone groups is 1. The molecular formula is C8H10O3S. The Morgan fingerprint density at radius 1 is 1.58 bits per heavy atom. The molecule has 3 nitrogen and oxygen atoms in total. The second-order valence-corrected chi connectivity index (χ2v) is 4.44. The molecule has 0 atom stereocenters. The first-order chi connectivity index (χ1) is 5.64. The Kier molecular flexibility index (Phi) is 2.70. The molecule has 0 bridgehead atoms. The van der Waals surface area contributed by atoms with E-state index in [1.54, 1.807) is 19.1 Å². The first-order valence-corrected chi connectivity index (χ1v) is 5.30. The van der Waals surface area contributed by atoms with Crippen LogP contribution >= 0.6 is 0 Å². The fourth-order valence-electron chi connectivity index (χ4n) is 0.653. The molecule has 4 heteroatoms. The Bertz CT molecular complexity index is 346.